The van der Waals surface area contributed by atoms with Crippen LogP contribution in [0.1, 0.15) is 112 Å². The standard InChI is InChI=1S/C78H69O10P/c1-52(80-61-34-13-7-14-35-61)70-49-58-31-25-28-46-67(58)76(73(70)55(4)83-64-40-19-10-20-41-64)86-89(79,87-77-68-47-29-26-32-59(68)50-71(53(2)81-62-36-15-8-16-37-62)74(77)56(5)84-65-42-21-11-22-43-65)88-78-69-48-30-27-33-60(69)51-72(54(3)82-63-38-17-9-18-39-63)75(78)57(6)85-66-44-23-12-24-45-66/h7-57H,1-6H3. The summed E-state index contributed by atoms with van der Waals surface area (Å²) in [6, 6.07) is 87.5. The second kappa shape index (κ2) is 26.9. The molecule has 0 N–H and O–H groups in total. The van der Waals surface area contributed by atoms with Gasteiger partial charge in [-0.3, -0.25) is 0 Å². The van der Waals surface area contributed by atoms with Crippen LogP contribution in [0.25, 0.3) is 32.3 Å². The Labute approximate surface area is 520 Å². The second-order valence-corrected chi connectivity index (χ2v) is 23.4. The zero-order chi connectivity index (χ0) is 61.3. The lowest BCUT2D eigenvalue weighted by Gasteiger charge is -2.31. The summed E-state index contributed by atoms with van der Waals surface area (Å²) < 4.78 is 82.0. The van der Waals surface area contributed by atoms with E-state index in [0.29, 0.717) is 84.0 Å². The van der Waals surface area contributed by atoms with Gasteiger partial charge in [-0.1, -0.05) is 182 Å². The fourth-order valence-electron chi connectivity index (χ4n) is 11.6. The average molecular weight is 1200 g/mol. The molecule has 10 nitrogen and oxygen atoms in total. The van der Waals surface area contributed by atoms with Crippen LogP contribution in [0, 0.1) is 0 Å². The zero-order valence-corrected chi connectivity index (χ0v) is 51.4. The van der Waals surface area contributed by atoms with Gasteiger partial charge in [0.1, 0.15) is 88.4 Å². The lowest BCUT2D eigenvalue weighted by Crippen LogP contribution is -2.19. The number of rotatable bonds is 24. The molecule has 11 heteroatoms. The summed E-state index contributed by atoms with van der Waals surface area (Å²) in [5, 5.41) is 4.17. The monoisotopic (exact) mass is 1200 g/mol. The third kappa shape index (κ3) is 13.5. The smallest absolute Gasteiger partial charge is 0.486 e. The molecule has 6 unspecified atom stereocenters. The van der Waals surface area contributed by atoms with E-state index >= 15 is 4.57 Å². The van der Waals surface area contributed by atoms with Crippen LogP contribution >= 0.6 is 7.82 Å². The number of hydrogen-bond donors (Lipinski definition) is 0. The van der Waals surface area contributed by atoms with Crippen molar-refractivity contribution in [3.05, 3.63) is 306 Å². The van der Waals surface area contributed by atoms with E-state index in [1.54, 1.807) is 0 Å². The maximum atomic E-state index is 18.1. The van der Waals surface area contributed by atoms with Crippen LogP contribution in [0.4, 0.5) is 0 Å². The van der Waals surface area contributed by atoms with Gasteiger partial charge in [0.2, 0.25) is 0 Å². The molecule has 89 heavy (non-hydrogen) atoms. The fourth-order valence-corrected chi connectivity index (χ4v) is 13.0. The molecule has 0 aliphatic carbocycles. The second-order valence-electron chi connectivity index (χ2n) is 21.9. The Hall–Kier alpha value is -10.2. The van der Waals surface area contributed by atoms with Crippen molar-refractivity contribution in [2.75, 3.05) is 0 Å². The van der Waals surface area contributed by atoms with Crippen LogP contribution < -0.4 is 42.0 Å². The molecule has 0 saturated heterocycles. The number of para-hydroxylation sites is 6. The van der Waals surface area contributed by atoms with Crippen molar-refractivity contribution in [1.82, 2.24) is 0 Å². The molecule has 12 aromatic carbocycles. The van der Waals surface area contributed by atoms with Gasteiger partial charge in [-0.2, -0.15) is 4.57 Å². The van der Waals surface area contributed by atoms with E-state index in [2.05, 4.69) is 18.2 Å². The summed E-state index contributed by atoms with van der Waals surface area (Å²) in [7, 11) is -5.28. The Balaban J connectivity index is 1.14. The van der Waals surface area contributed by atoms with Gasteiger partial charge in [-0.25, -0.2) is 0 Å². The summed E-state index contributed by atoms with van der Waals surface area (Å²) in [6.07, 6.45) is -4.09. The van der Waals surface area contributed by atoms with Gasteiger partial charge in [0.15, 0.2) is 0 Å². The molecule has 0 aliphatic rings. The number of hydrogen-bond acceptors (Lipinski definition) is 10. The Morgan fingerprint density at radius 2 is 0.438 bits per heavy atom. The normalized spacial score (nSPS) is 14.0. The summed E-state index contributed by atoms with van der Waals surface area (Å²) in [4.78, 5) is 0. The first-order valence-corrected chi connectivity index (χ1v) is 31.6. The molecule has 0 aromatic heterocycles. The highest BCUT2D eigenvalue weighted by Gasteiger charge is 2.42. The van der Waals surface area contributed by atoms with Crippen LogP contribution in [0.5, 0.6) is 51.7 Å². The van der Waals surface area contributed by atoms with Crippen molar-refractivity contribution in [2.45, 2.75) is 78.2 Å². The fraction of sp³-hybridized carbons (Fsp3) is 0.154. The maximum Gasteiger partial charge on any atom is 0.647 e. The van der Waals surface area contributed by atoms with Crippen molar-refractivity contribution in [2.24, 2.45) is 0 Å². The minimum atomic E-state index is -5.28. The van der Waals surface area contributed by atoms with Gasteiger partial charge in [0.05, 0.1) is 0 Å². The molecule has 0 radical (unpaired) electrons. The molecule has 446 valence electrons. The number of ether oxygens (including phenoxy) is 6. The average Bonchev–Trinajstić information content (AvgIpc) is 0.810. The zero-order valence-electron chi connectivity index (χ0n) is 50.5. The van der Waals surface area contributed by atoms with Gasteiger partial charge in [0, 0.05) is 49.5 Å². The number of phosphoric ester groups is 1. The predicted molar refractivity (Wildman–Crippen MR) is 354 cm³/mol. The first kappa shape index (κ1) is 59.2. The molecular formula is C78H69O10P. The van der Waals surface area contributed by atoms with E-state index in [-0.39, 0.29) is 17.2 Å². The summed E-state index contributed by atoms with van der Waals surface area (Å²) >= 11 is 0. The van der Waals surface area contributed by atoms with Gasteiger partial charge >= 0.3 is 7.82 Å². The molecule has 12 rings (SSSR count). The quantitative estimate of drug-likeness (QED) is 0.0544. The number of benzene rings is 12. The van der Waals surface area contributed by atoms with Crippen LogP contribution in [0.3, 0.4) is 0 Å². The molecule has 12 aromatic rings. The molecule has 0 fully saturated rings. The minimum Gasteiger partial charge on any atom is -0.486 e. The third-order valence-corrected chi connectivity index (χ3v) is 16.9. The topological polar surface area (TPSA) is 100 Å². The third-order valence-electron chi connectivity index (χ3n) is 15.7. The van der Waals surface area contributed by atoms with Crippen LogP contribution in [0.2, 0.25) is 0 Å². The first-order chi connectivity index (χ1) is 43.4. The highest BCUT2D eigenvalue weighted by atomic mass is 31.2. The van der Waals surface area contributed by atoms with E-state index in [9.17, 15) is 0 Å². The largest absolute Gasteiger partial charge is 0.647 e. The van der Waals surface area contributed by atoms with Crippen LogP contribution in [-0.2, 0) is 4.57 Å². The lowest BCUT2D eigenvalue weighted by molar-refractivity contribution is 0.195. The highest BCUT2D eigenvalue weighted by molar-refractivity contribution is 7.49. The predicted octanol–water partition coefficient (Wildman–Crippen LogP) is 21.6. The van der Waals surface area contributed by atoms with Crippen molar-refractivity contribution in [3.63, 3.8) is 0 Å². The molecule has 0 heterocycles. The van der Waals surface area contributed by atoms with Crippen molar-refractivity contribution >= 4 is 40.1 Å². The van der Waals surface area contributed by atoms with E-state index in [4.69, 9.17) is 42.0 Å². The van der Waals surface area contributed by atoms with Gasteiger partial charge in [-0.05, 0) is 149 Å². The lowest BCUT2D eigenvalue weighted by atomic mass is 9.93. The molecule has 0 spiro atoms. The molecule has 0 bridgehead atoms. The van der Waals surface area contributed by atoms with Crippen LogP contribution in [0.15, 0.2) is 273 Å². The van der Waals surface area contributed by atoms with Crippen molar-refractivity contribution in [1.29, 1.82) is 0 Å². The minimum absolute atomic E-state index is 0.195. The van der Waals surface area contributed by atoms with Crippen molar-refractivity contribution in [3.8, 4) is 51.7 Å². The Kier molecular flexibility index (Phi) is 17.9. The van der Waals surface area contributed by atoms with E-state index in [1.807, 2.05) is 296 Å². The Morgan fingerprint density at radius 3 is 0.663 bits per heavy atom. The van der Waals surface area contributed by atoms with Crippen molar-refractivity contribution < 1.29 is 46.6 Å². The molecule has 0 amide bonds. The van der Waals surface area contributed by atoms with Gasteiger partial charge < -0.3 is 42.0 Å². The van der Waals surface area contributed by atoms with Gasteiger partial charge in [-0.15, -0.1) is 0 Å². The number of phosphoric acid groups is 1. The maximum absolute atomic E-state index is 18.1. The molecular weight excluding hydrogens is 1130 g/mol. The van der Waals surface area contributed by atoms with Crippen LogP contribution in [-0.4, -0.2) is 0 Å². The molecule has 0 saturated carbocycles. The Bertz CT molecular complexity index is 3940. The van der Waals surface area contributed by atoms with Gasteiger partial charge in [0.25, 0.3) is 0 Å². The van der Waals surface area contributed by atoms with E-state index < -0.39 is 44.4 Å². The number of fused-ring (bicyclic) bond motifs is 3. The Morgan fingerprint density at radius 1 is 0.247 bits per heavy atom. The molecule has 6 atom stereocenters. The highest BCUT2D eigenvalue weighted by Crippen LogP contribution is 2.59. The summed E-state index contributed by atoms with van der Waals surface area (Å²) in [5.74, 6) is 4.38. The first-order valence-electron chi connectivity index (χ1n) is 30.1. The summed E-state index contributed by atoms with van der Waals surface area (Å²) in [5.41, 5.74) is 3.80. The van der Waals surface area contributed by atoms with E-state index in [1.165, 1.54) is 0 Å². The molecule has 0 aliphatic heterocycles. The SMILES string of the molecule is CC(Oc1ccccc1)c1cc2ccccc2c(OP(=O)(Oc2c(C(C)Oc3ccccc3)c(C(C)Oc3ccccc3)cc3ccccc23)Oc2c(C(C)Oc3ccccc3)c(C(C)Oc3ccccc3)cc3ccccc23)c1C(C)Oc1ccccc1. The van der Waals surface area contributed by atoms with E-state index in [0.717, 1.165) is 16.2 Å². The summed E-state index contributed by atoms with van der Waals surface area (Å²) in [6.45, 7) is 11.8.